The van der Waals surface area contributed by atoms with Crippen molar-refractivity contribution >= 4 is 29.3 Å². The van der Waals surface area contributed by atoms with E-state index in [9.17, 15) is 9.59 Å². The number of alkyl halides is 1. The van der Waals surface area contributed by atoms with Gasteiger partial charge in [0.15, 0.2) is 0 Å². The van der Waals surface area contributed by atoms with Gasteiger partial charge in [-0.3, -0.25) is 4.79 Å². The van der Waals surface area contributed by atoms with Crippen molar-refractivity contribution in [3.8, 4) is 0 Å². The molecule has 0 aliphatic carbocycles. The Morgan fingerprint density at radius 3 is 2.58 bits per heavy atom. The lowest BCUT2D eigenvalue weighted by molar-refractivity contribution is -0.116. The fourth-order valence-corrected chi connectivity index (χ4v) is 3.18. The van der Waals surface area contributed by atoms with Gasteiger partial charge in [0.05, 0.1) is 0 Å². The van der Waals surface area contributed by atoms with Crippen molar-refractivity contribution in [2.75, 3.05) is 24.3 Å². The summed E-state index contributed by atoms with van der Waals surface area (Å²) in [4.78, 5) is 25.8. The molecule has 1 fully saturated rings. The maximum atomic E-state index is 12.2. The summed E-state index contributed by atoms with van der Waals surface area (Å²) in [6.07, 6.45) is 2.65. The molecule has 0 unspecified atom stereocenters. The Balaban J connectivity index is 1.90. The van der Waals surface area contributed by atoms with Crippen LogP contribution in [0.25, 0.3) is 0 Å². The van der Waals surface area contributed by atoms with Gasteiger partial charge in [0.25, 0.3) is 0 Å². The number of likely N-dealkylation sites (tertiary alicyclic amines) is 1. The number of piperidine rings is 1. The Morgan fingerprint density at radius 2 is 1.96 bits per heavy atom. The van der Waals surface area contributed by atoms with E-state index in [0.29, 0.717) is 37.7 Å². The van der Waals surface area contributed by atoms with Gasteiger partial charge in [-0.2, -0.15) is 0 Å². The van der Waals surface area contributed by atoms with Gasteiger partial charge < -0.3 is 15.0 Å². The zero-order valence-corrected chi connectivity index (χ0v) is 16.6. The standard InChI is InChI=1S/C20H29ClN2O3/c1-20(2,3)26-19(25)23-12-9-15(10-13-23)16-6-4-7-17(14-16)22-18(24)8-5-11-21/h4,6-7,14-15H,5,8-13H2,1-3H3,(H,22,24). The first-order valence-electron chi connectivity index (χ1n) is 9.22. The van der Waals surface area contributed by atoms with Gasteiger partial charge in [-0.05, 0) is 63.6 Å². The molecule has 1 aromatic rings. The molecule has 1 heterocycles. The molecule has 0 bridgehead atoms. The Hall–Kier alpha value is -1.75. The number of hydrogen-bond donors (Lipinski definition) is 1. The highest BCUT2D eigenvalue weighted by Gasteiger charge is 2.27. The molecule has 1 aliphatic rings. The fourth-order valence-electron chi connectivity index (χ4n) is 3.04. The van der Waals surface area contributed by atoms with Crippen molar-refractivity contribution in [3.05, 3.63) is 29.8 Å². The van der Waals surface area contributed by atoms with Crippen LogP contribution in [0.2, 0.25) is 0 Å². The lowest BCUT2D eigenvalue weighted by Gasteiger charge is -2.33. The van der Waals surface area contributed by atoms with Crippen LogP contribution in [0.1, 0.15) is 57.9 Å². The molecule has 1 aliphatic heterocycles. The van der Waals surface area contributed by atoms with E-state index in [1.54, 1.807) is 4.90 Å². The number of carbonyl (C=O) groups excluding carboxylic acids is 2. The van der Waals surface area contributed by atoms with Gasteiger partial charge in [-0.15, -0.1) is 11.6 Å². The maximum absolute atomic E-state index is 12.2. The number of hydrogen-bond acceptors (Lipinski definition) is 3. The molecule has 0 saturated carbocycles. The molecule has 5 nitrogen and oxygen atoms in total. The number of carbonyl (C=O) groups is 2. The number of nitrogens with zero attached hydrogens (tertiary/aromatic N) is 1. The largest absolute Gasteiger partial charge is 0.444 e. The van der Waals surface area contributed by atoms with E-state index in [-0.39, 0.29) is 12.0 Å². The summed E-state index contributed by atoms with van der Waals surface area (Å²) in [5.74, 6) is 0.861. The zero-order chi connectivity index (χ0) is 19.2. The summed E-state index contributed by atoms with van der Waals surface area (Å²) in [6, 6.07) is 7.99. The maximum Gasteiger partial charge on any atom is 0.410 e. The van der Waals surface area contributed by atoms with Crippen molar-refractivity contribution in [2.45, 2.75) is 58.0 Å². The molecule has 0 aromatic heterocycles. The molecular weight excluding hydrogens is 352 g/mol. The molecule has 0 spiro atoms. The molecule has 1 N–H and O–H groups in total. The first kappa shape index (κ1) is 20.6. The highest BCUT2D eigenvalue weighted by Crippen LogP contribution is 2.30. The number of ether oxygens (including phenoxy) is 1. The summed E-state index contributed by atoms with van der Waals surface area (Å²) in [7, 11) is 0. The van der Waals surface area contributed by atoms with Crippen LogP contribution < -0.4 is 5.32 Å². The highest BCUT2D eigenvalue weighted by molar-refractivity contribution is 6.18. The molecule has 0 atom stereocenters. The van der Waals surface area contributed by atoms with E-state index in [1.165, 1.54) is 5.56 Å². The van der Waals surface area contributed by atoms with Gasteiger partial charge in [0, 0.05) is 31.1 Å². The molecule has 144 valence electrons. The van der Waals surface area contributed by atoms with E-state index in [2.05, 4.69) is 11.4 Å². The number of amides is 2. The van der Waals surface area contributed by atoms with Crippen LogP contribution in [0.4, 0.5) is 10.5 Å². The van der Waals surface area contributed by atoms with E-state index >= 15 is 0 Å². The Morgan fingerprint density at radius 1 is 1.27 bits per heavy atom. The zero-order valence-electron chi connectivity index (χ0n) is 15.9. The lowest BCUT2D eigenvalue weighted by atomic mass is 9.89. The number of halogens is 1. The Kier molecular flexibility index (Phi) is 7.33. The van der Waals surface area contributed by atoms with E-state index < -0.39 is 5.60 Å². The predicted molar refractivity (Wildman–Crippen MR) is 105 cm³/mol. The third kappa shape index (κ3) is 6.52. The average Bonchev–Trinajstić information content (AvgIpc) is 2.59. The van der Waals surface area contributed by atoms with Crippen LogP contribution in [0.15, 0.2) is 24.3 Å². The SMILES string of the molecule is CC(C)(C)OC(=O)N1CCC(c2cccc(NC(=O)CCCCl)c2)CC1. The van der Waals surface area contributed by atoms with Crippen LogP contribution in [-0.4, -0.2) is 41.5 Å². The first-order valence-corrected chi connectivity index (χ1v) is 9.75. The van der Waals surface area contributed by atoms with E-state index in [1.807, 2.05) is 39.0 Å². The number of rotatable bonds is 5. The minimum absolute atomic E-state index is 0.0115. The van der Waals surface area contributed by atoms with Crippen molar-refractivity contribution in [1.29, 1.82) is 0 Å². The second-order valence-electron chi connectivity index (χ2n) is 7.71. The fraction of sp³-hybridized carbons (Fsp3) is 0.600. The molecule has 2 amide bonds. The number of benzene rings is 1. The molecular formula is C20H29ClN2O3. The minimum atomic E-state index is -0.468. The number of nitrogens with one attached hydrogen (secondary N) is 1. The summed E-state index contributed by atoms with van der Waals surface area (Å²) < 4.78 is 5.44. The van der Waals surface area contributed by atoms with E-state index in [0.717, 1.165) is 18.5 Å². The Labute approximate surface area is 161 Å². The van der Waals surface area contributed by atoms with Crippen molar-refractivity contribution in [1.82, 2.24) is 4.90 Å². The van der Waals surface area contributed by atoms with Gasteiger partial charge in [0.2, 0.25) is 5.91 Å². The summed E-state index contributed by atoms with van der Waals surface area (Å²) >= 11 is 5.63. The van der Waals surface area contributed by atoms with E-state index in [4.69, 9.17) is 16.3 Å². The third-order valence-electron chi connectivity index (χ3n) is 4.33. The molecule has 1 saturated heterocycles. The molecule has 6 heteroatoms. The minimum Gasteiger partial charge on any atom is -0.444 e. The molecule has 26 heavy (non-hydrogen) atoms. The lowest BCUT2D eigenvalue weighted by Crippen LogP contribution is -2.41. The van der Waals surface area contributed by atoms with Crippen LogP contribution in [0.5, 0.6) is 0 Å². The second-order valence-corrected chi connectivity index (χ2v) is 8.09. The smallest absolute Gasteiger partial charge is 0.410 e. The highest BCUT2D eigenvalue weighted by atomic mass is 35.5. The number of anilines is 1. The summed E-state index contributed by atoms with van der Waals surface area (Å²) in [5, 5.41) is 2.93. The third-order valence-corrected chi connectivity index (χ3v) is 4.59. The van der Waals surface area contributed by atoms with Gasteiger partial charge in [-0.25, -0.2) is 4.79 Å². The summed E-state index contributed by atoms with van der Waals surface area (Å²) in [5.41, 5.74) is 1.55. The van der Waals surface area contributed by atoms with Crippen LogP contribution >= 0.6 is 11.6 Å². The first-order chi connectivity index (χ1) is 12.3. The van der Waals surface area contributed by atoms with Crippen LogP contribution in [-0.2, 0) is 9.53 Å². The van der Waals surface area contributed by atoms with Gasteiger partial charge in [0.1, 0.15) is 5.60 Å². The predicted octanol–water partition coefficient (Wildman–Crippen LogP) is 4.76. The van der Waals surface area contributed by atoms with Gasteiger partial charge in [-0.1, -0.05) is 12.1 Å². The normalized spacial score (nSPS) is 15.6. The van der Waals surface area contributed by atoms with Crippen LogP contribution in [0, 0.1) is 0 Å². The Bertz CT molecular complexity index is 620. The average molecular weight is 381 g/mol. The topological polar surface area (TPSA) is 58.6 Å². The molecule has 1 aromatic carbocycles. The van der Waals surface area contributed by atoms with Gasteiger partial charge >= 0.3 is 6.09 Å². The van der Waals surface area contributed by atoms with Crippen molar-refractivity contribution in [3.63, 3.8) is 0 Å². The molecule has 2 rings (SSSR count). The monoisotopic (exact) mass is 380 g/mol. The van der Waals surface area contributed by atoms with Crippen molar-refractivity contribution in [2.24, 2.45) is 0 Å². The second kappa shape index (κ2) is 9.26. The summed E-state index contributed by atoms with van der Waals surface area (Å²) in [6.45, 7) is 7.01. The quantitative estimate of drug-likeness (QED) is 0.749. The van der Waals surface area contributed by atoms with Crippen LogP contribution in [0.3, 0.4) is 0 Å². The molecule has 0 radical (unpaired) electrons. The van der Waals surface area contributed by atoms with Crippen molar-refractivity contribution < 1.29 is 14.3 Å².